The lowest BCUT2D eigenvalue weighted by molar-refractivity contribution is -0.156. The number of hydrogen-bond donors (Lipinski definition) is 0. The van der Waals surface area contributed by atoms with Crippen molar-refractivity contribution >= 4 is 11.7 Å². The largest absolute Gasteiger partial charge is 0.458 e. The minimum Gasteiger partial charge on any atom is -0.458 e. The van der Waals surface area contributed by atoms with Gasteiger partial charge in [-0.3, -0.25) is 4.99 Å². The maximum Gasteiger partial charge on any atom is 0.331 e. The molecule has 0 fully saturated rings. The maximum atomic E-state index is 12.9. The van der Waals surface area contributed by atoms with E-state index in [0.717, 1.165) is 16.8 Å². The molecule has 0 saturated heterocycles. The van der Waals surface area contributed by atoms with E-state index in [0.29, 0.717) is 32.7 Å². The van der Waals surface area contributed by atoms with E-state index in [-0.39, 0.29) is 5.97 Å². The van der Waals surface area contributed by atoms with Crippen molar-refractivity contribution < 1.29 is 19.0 Å². The SMILES string of the molecule is COCCOCCCC(N=C(c1ccccc1)c1ccccc1)C(=O)OC(C)(C)C. The summed E-state index contributed by atoms with van der Waals surface area (Å²) in [6.07, 6.45) is 1.25. The fraction of sp³-hybridized carbons (Fsp3) is 0.440. The van der Waals surface area contributed by atoms with Crippen LogP contribution in [0.15, 0.2) is 65.7 Å². The summed E-state index contributed by atoms with van der Waals surface area (Å²) in [5.41, 5.74) is 2.15. The smallest absolute Gasteiger partial charge is 0.331 e. The summed E-state index contributed by atoms with van der Waals surface area (Å²) in [5, 5.41) is 0. The summed E-state index contributed by atoms with van der Waals surface area (Å²) in [6.45, 7) is 7.25. The van der Waals surface area contributed by atoms with Crippen molar-refractivity contribution in [1.82, 2.24) is 0 Å². The molecule has 0 spiro atoms. The van der Waals surface area contributed by atoms with Gasteiger partial charge in [0, 0.05) is 24.8 Å². The van der Waals surface area contributed by atoms with E-state index >= 15 is 0 Å². The molecule has 0 heterocycles. The van der Waals surface area contributed by atoms with E-state index in [9.17, 15) is 4.79 Å². The number of aliphatic imine (C=N–C) groups is 1. The molecule has 0 aliphatic carbocycles. The Hall–Kier alpha value is -2.50. The van der Waals surface area contributed by atoms with Gasteiger partial charge in [-0.15, -0.1) is 0 Å². The molecule has 5 nitrogen and oxygen atoms in total. The first kappa shape index (κ1) is 23.8. The number of benzene rings is 2. The minimum absolute atomic E-state index is 0.316. The average Bonchev–Trinajstić information content (AvgIpc) is 2.72. The minimum atomic E-state index is -0.606. The molecular weight excluding hydrogens is 378 g/mol. The highest BCUT2D eigenvalue weighted by atomic mass is 16.6. The first-order valence-corrected chi connectivity index (χ1v) is 10.4. The first-order valence-electron chi connectivity index (χ1n) is 10.4. The van der Waals surface area contributed by atoms with Crippen LogP contribution in [0, 0.1) is 0 Å². The molecule has 2 aromatic carbocycles. The summed E-state index contributed by atoms with van der Waals surface area (Å²) in [4.78, 5) is 17.8. The standard InChI is InChI=1S/C25H33NO4/c1-25(2,3)30-24(27)22(16-11-17-29-19-18-28-4)26-23(20-12-7-5-8-13-20)21-14-9-6-10-15-21/h5-10,12-15,22H,11,16-19H2,1-4H3. The van der Waals surface area contributed by atoms with Crippen molar-refractivity contribution in [1.29, 1.82) is 0 Å². The molecule has 2 aromatic rings. The molecule has 0 N–H and O–H groups in total. The number of esters is 1. The average molecular weight is 412 g/mol. The molecule has 0 radical (unpaired) electrons. The van der Waals surface area contributed by atoms with Crippen LogP contribution in [0.1, 0.15) is 44.7 Å². The summed E-state index contributed by atoms with van der Waals surface area (Å²) >= 11 is 0. The molecule has 0 aliphatic heterocycles. The third kappa shape index (κ3) is 8.47. The van der Waals surface area contributed by atoms with Crippen LogP contribution in [0.3, 0.4) is 0 Å². The van der Waals surface area contributed by atoms with Crippen LogP contribution in [0.25, 0.3) is 0 Å². The number of methoxy groups -OCH3 is 1. The van der Waals surface area contributed by atoms with Gasteiger partial charge in [-0.1, -0.05) is 60.7 Å². The molecular formula is C25H33NO4. The van der Waals surface area contributed by atoms with Gasteiger partial charge in [0.25, 0.3) is 0 Å². The van der Waals surface area contributed by atoms with E-state index < -0.39 is 11.6 Å². The molecule has 162 valence electrons. The molecule has 0 amide bonds. The Morgan fingerprint density at radius 3 is 1.97 bits per heavy atom. The van der Waals surface area contributed by atoms with Crippen molar-refractivity contribution in [2.75, 3.05) is 26.9 Å². The highest BCUT2D eigenvalue weighted by Crippen LogP contribution is 2.17. The molecule has 0 aromatic heterocycles. The zero-order valence-electron chi connectivity index (χ0n) is 18.5. The Bertz CT molecular complexity index is 740. The van der Waals surface area contributed by atoms with Crippen molar-refractivity contribution in [3.05, 3.63) is 71.8 Å². The highest BCUT2D eigenvalue weighted by Gasteiger charge is 2.25. The number of hydrogen-bond acceptors (Lipinski definition) is 5. The Labute approximate surface area is 180 Å². The summed E-state index contributed by atoms with van der Waals surface area (Å²) in [6, 6.07) is 19.2. The predicted octanol–water partition coefficient (Wildman–Crippen LogP) is 4.68. The van der Waals surface area contributed by atoms with Gasteiger partial charge in [-0.25, -0.2) is 4.79 Å². The van der Waals surface area contributed by atoms with E-state index in [2.05, 4.69) is 0 Å². The number of carbonyl (C=O) groups excluding carboxylic acids is 1. The van der Waals surface area contributed by atoms with Crippen molar-refractivity contribution in [3.63, 3.8) is 0 Å². The van der Waals surface area contributed by atoms with Crippen LogP contribution >= 0.6 is 0 Å². The van der Waals surface area contributed by atoms with Crippen molar-refractivity contribution in [2.45, 2.75) is 45.3 Å². The second-order valence-corrected chi connectivity index (χ2v) is 8.01. The fourth-order valence-electron chi connectivity index (χ4n) is 2.89. The first-order chi connectivity index (χ1) is 14.4. The van der Waals surface area contributed by atoms with Crippen LogP contribution in [0.5, 0.6) is 0 Å². The van der Waals surface area contributed by atoms with E-state index in [1.54, 1.807) is 7.11 Å². The fourth-order valence-corrected chi connectivity index (χ4v) is 2.89. The van der Waals surface area contributed by atoms with Gasteiger partial charge in [-0.2, -0.15) is 0 Å². The van der Waals surface area contributed by atoms with Crippen molar-refractivity contribution in [2.24, 2.45) is 4.99 Å². The van der Waals surface area contributed by atoms with Crippen LogP contribution in [-0.4, -0.2) is 50.3 Å². The normalized spacial score (nSPS) is 12.3. The zero-order valence-corrected chi connectivity index (χ0v) is 18.5. The van der Waals surface area contributed by atoms with Crippen LogP contribution in [-0.2, 0) is 19.0 Å². The third-order valence-corrected chi connectivity index (χ3v) is 4.26. The number of carbonyl (C=O) groups is 1. The quantitative estimate of drug-likeness (QED) is 0.306. The molecule has 1 unspecified atom stereocenters. The lowest BCUT2D eigenvalue weighted by Gasteiger charge is -2.23. The van der Waals surface area contributed by atoms with Gasteiger partial charge < -0.3 is 14.2 Å². The van der Waals surface area contributed by atoms with Crippen LogP contribution in [0.2, 0.25) is 0 Å². The zero-order chi connectivity index (χ0) is 21.8. The summed E-state index contributed by atoms with van der Waals surface area (Å²) in [5.74, 6) is -0.316. The van der Waals surface area contributed by atoms with Crippen LogP contribution < -0.4 is 0 Å². The van der Waals surface area contributed by atoms with Gasteiger partial charge in [0.15, 0.2) is 0 Å². The Balaban J connectivity index is 2.27. The Morgan fingerprint density at radius 2 is 1.47 bits per heavy atom. The lowest BCUT2D eigenvalue weighted by Crippen LogP contribution is -2.32. The van der Waals surface area contributed by atoms with Gasteiger partial charge in [0.05, 0.1) is 18.9 Å². The number of nitrogens with zero attached hydrogens (tertiary/aromatic N) is 1. The Kier molecular flexibility index (Phi) is 9.71. The number of ether oxygens (including phenoxy) is 3. The molecule has 30 heavy (non-hydrogen) atoms. The van der Waals surface area contributed by atoms with Crippen LogP contribution in [0.4, 0.5) is 0 Å². The molecule has 0 bridgehead atoms. The van der Waals surface area contributed by atoms with Gasteiger partial charge in [0.1, 0.15) is 11.6 Å². The molecule has 0 saturated carbocycles. The topological polar surface area (TPSA) is 57.1 Å². The molecule has 0 aliphatic rings. The van der Waals surface area contributed by atoms with Gasteiger partial charge in [0.2, 0.25) is 0 Å². The summed E-state index contributed by atoms with van der Waals surface area (Å²) < 4.78 is 16.2. The van der Waals surface area contributed by atoms with Gasteiger partial charge >= 0.3 is 5.97 Å². The highest BCUT2D eigenvalue weighted by molar-refractivity contribution is 6.13. The Morgan fingerprint density at radius 1 is 0.900 bits per heavy atom. The predicted molar refractivity (Wildman–Crippen MR) is 120 cm³/mol. The maximum absolute atomic E-state index is 12.9. The molecule has 2 rings (SSSR count). The number of rotatable bonds is 11. The summed E-state index contributed by atoms with van der Waals surface area (Å²) in [7, 11) is 1.64. The molecule has 1 atom stereocenters. The second-order valence-electron chi connectivity index (χ2n) is 8.01. The van der Waals surface area contributed by atoms with Crippen molar-refractivity contribution in [3.8, 4) is 0 Å². The second kappa shape index (κ2) is 12.3. The third-order valence-electron chi connectivity index (χ3n) is 4.26. The van der Waals surface area contributed by atoms with E-state index in [1.165, 1.54) is 0 Å². The lowest BCUT2D eigenvalue weighted by atomic mass is 10.0. The van der Waals surface area contributed by atoms with E-state index in [1.807, 2.05) is 81.4 Å². The monoisotopic (exact) mass is 411 g/mol. The van der Waals surface area contributed by atoms with E-state index in [4.69, 9.17) is 19.2 Å². The van der Waals surface area contributed by atoms with Gasteiger partial charge in [-0.05, 0) is 33.6 Å². The molecule has 5 heteroatoms.